The molecule has 0 spiro atoms. The van der Waals surface area contributed by atoms with Crippen LogP contribution < -0.4 is 10.2 Å². The van der Waals surface area contributed by atoms with Crippen molar-refractivity contribution >= 4 is 29.4 Å². The van der Waals surface area contributed by atoms with Gasteiger partial charge in [0, 0.05) is 30.0 Å². The summed E-state index contributed by atoms with van der Waals surface area (Å²) in [7, 11) is 0. The lowest BCUT2D eigenvalue weighted by molar-refractivity contribution is -0.116. The Morgan fingerprint density at radius 3 is 2.55 bits per heavy atom. The molecule has 3 heterocycles. The van der Waals surface area contributed by atoms with Crippen LogP contribution in [0.15, 0.2) is 48.5 Å². The van der Waals surface area contributed by atoms with Crippen molar-refractivity contribution in [3.8, 4) is 0 Å². The van der Waals surface area contributed by atoms with Crippen molar-refractivity contribution in [2.75, 3.05) is 16.8 Å². The average molecular weight is 444 g/mol. The van der Waals surface area contributed by atoms with Gasteiger partial charge < -0.3 is 4.90 Å². The number of rotatable bonds is 6. The van der Waals surface area contributed by atoms with Crippen molar-refractivity contribution < 1.29 is 14.4 Å². The maximum Gasteiger partial charge on any atom is 0.260 e. The molecule has 2 aromatic carbocycles. The second-order valence-corrected chi connectivity index (χ2v) is 8.50. The van der Waals surface area contributed by atoms with Crippen LogP contribution in [0.1, 0.15) is 70.9 Å². The summed E-state index contributed by atoms with van der Waals surface area (Å²) in [5.41, 5.74) is 2.51. The van der Waals surface area contributed by atoms with Crippen LogP contribution >= 0.6 is 0 Å². The van der Waals surface area contributed by atoms with Gasteiger partial charge in [-0.15, -0.1) is 5.10 Å². The minimum atomic E-state index is -0.513. The number of benzene rings is 2. The summed E-state index contributed by atoms with van der Waals surface area (Å²) in [6.07, 6.45) is 0.113. The predicted octanol–water partition coefficient (Wildman–Crippen LogP) is 3.46. The Balaban J connectivity index is 1.34. The van der Waals surface area contributed by atoms with Crippen molar-refractivity contribution in [2.45, 2.75) is 38.8 Å². The summed E-state index contributed by atoms with van der Waals surface area (Å²) in [6.45, 7) is 4.29. The average Bonchev–Trinajstić information content (AvgIpc) is 3.39. The molecule has 0 bridgehead atoms. The number of H-pyrrole nitrogens is 1. The molecule has 0 saturated carbocycles. The van der Waals surface area contributed by atoms with Gasteiger partial charge in [0.15, 0.2) is 0 Å². The molecular formula is C24H24N6O3. The fraction of sp³-hybridized carbons (Fsp3) is 0.292. The van der Waals surface area contributed by atoms with Crippen molar-refractivity contribution in [1.29, 1.82) is 0 Å². The van der Waals surface area contributed by atoms with E-state index in [1.165, 1.54) is 0 Å². The van der Waals surface area contributed by atoms with Crippen LogP contribution in [0.5, 0.6) is 0 Å². The van der Waals surface area contributed by atoms with Gasteiger partial charge in [-0.25, -0.2) is 0 Å². The number of aromatic amines is 1. The van der Waals surface area contributed by atoms with Crippen LogP contribution in [0.2, 0.25) is 0 Å². The van der Waals surface area contributed by atoms with Gasteiger partial charge in [-0.05, 0) is 24.6 Å². The zero-order valence-corrected chi connectivity index (χ0v) is 18.4. The number of anilines is 2. The third-order valence-corrected chi connectivity index (χ3v) is 5.99. The highest BCUT2D eigenvalue weighted by Gasteiger charge is 2.47. The zero-order valence-electron chi connectivity index (χ0n) is 18.4. The molecule has 5 rings (SSSR count). The summed E-state index contributed by atoms with van der Waals surface area (Å²) in [6, 6.07) is 14.5. The lowest BCUT2D eigenvalue weighted by atomic mass is 10.0. The molecule has 0 aliphatic carbocycles. The number of carbonyl (C=O) groups excluding carboxylic acids is 3. The summed E-state index contributed by atoms with van der Waals surface area (Å²) in [4.78, 5) is 46.6. The number of nitrogens with zero attached hydrogens (tertiary/aromatic N) is 4. The molecule has 168 valence electrons. The van der Waals surface area contributed by atoms with Crippen LogP contribution in [0.4, 0.5) is 11.6 Å². The molecule has 3 amide bonds. The van der Waals surface area contributed by atoms with E-state index in [-0.39, 0.29) is 36.0 Å². The van der Waals surface area contributed by atoms with E-state index in [0.717, 1.165) is 5.56 Å². The van der Waals surface area contributed by atoms with Gasteiger partial charge in [-0.1, -0.05) is 44.2 Å². The van der Waals surface area contributed by atoms with Gasteiger partial charge >= 0.3 is 0 Å². The molecule has 33 heavy (non-hydrogen) atoms. The van der Waals surface area contributed by atoms with Gasteiger partial charge in [0.25, 0.3) is 11.8 Å². The number of hydrogen-bond donors (Lipinski definition) is 2. The Kier molecular flexibility index (Phi) is 5.16. The largest absolute Gasteiger partial charge is 0.313 e. The zero-order chi connectivity index (χ0) is 23.1. The monoisotopic (exact) mass is 444 g/mol. The first-order valence-corrected chi connectivity index (χ1v) is 11.0. The Morgan fingerprint density at radius 2 is 1.79 bits per heavy atom. The van der Waals surface area contributed by atoms with E-state index in [1.807, 2.05) is 38.1 Å². The molecule has 9 nitrogen and oxygen atoms in total. The van der Waals surface area contributed by atoms with Crippen molar-refractivity contribution in [2.24, 2.45) is 0 Å². The van der Waals surface area contributed by atoms with Crippen LogP contribution in [0, 0.1) is 0 Å². The quantitative estimate of drug-likeness (QED) is 0.605. The van der Waals surface area contributed by atoms with E-state index < -0.39 is 6.17 Å². The van der Waals surface area contributed by atoms with E-state index in [1.54, 1.807) is 34.1 Å². The third-order valence-electron chi connectivity index (χ3n) is 5.99. The summed E-state index contributed by atoms with van der Waals surface area (Å²) >= 11 is 0. The number of hydrogen-bond acceptors (Lipinski definition) is 5. The molecule has 1 aromatic heterocycles. The third kappa shape index (κ3) is 3.55. The second-order valence-electron chi connectivity index (χ2n) is 8.50. The topological polar surface area (TPSA) is 111 Å². The first kappa shape index (κ1) is 20.9. The standard InChI is InChI=1S/C24H24N6O3/c1-14(2)20-26-24(28-27-20)25-19(31)12-7-13-29-21-15-8-3-4-9-16(15)23(33)30(21)18-11-6-5-10-17(18)22(29)32/h3-6,8-11,14,21H,7,12-13H2,1-2H3,(H2,25,26,27,28,31)/t21-/m0/s1. The first-order valence-electron chi connectivity index (χ1n) is 11.0. The number of nitrogens with one attached hydrogen (secondary N) is 2. The van der Waals surface area contributed by atoms with Gasteiger partial charge in [-0.2, -0.15) is 4.98 Å². The van der Waals surface area contributed by atoms with Crippen LogP contribution in [0.25, 0.3) is 0 Å². The minimum Gasteiger partial charge on any atom is -0.313 e. The molecule has 3 aromatic rings. The van der Waals surface area contributed by atoms with Gasteiger partial charge in [0.05, 0.1) is 11.3 Å². The van der Waals surface area contributed by atoms with Crippen LogP contribution in [-0.4, -0.2) is 44.3 Å². The molecule has 9 heteroatoms. The Bertz CT molecular complexity index is 1250. The maximum atomic E-state index is 13.4. The summed E-state index contributed by atoms with van der Waals surface area (Å²) < 4.78 is 0. The van der Waals surface area contributed by atoms with E-state index in [2.05, 4.69) is 20.5 Å². The SMILES string of the molecule is CC(C)c1nc(NC(=O)CCCN2C(=O)c3ccccc3N3C(=O)c4ccccc4[C@@H]23)n[nH]1. The number of fused-ring (bicyclic) bond motifs is 5. The number of aromatic nitrogens is 3. The number of amides is 3. The van der Waals surface area contributed by atoms with E-state index in [9.17, 15) is 14.4 Å². The molecule has 1 atom stereocenters. The fourth-order valence-corrected chi connectivity index (χ4v) is 4.39. The molecule has 2 aliphatic rings. The molecular weight excluding hydrogens is 420 g/mol. The highest BCUT2D eigenvalue weighted by atomic mass is 16.2. The molecule has 2 aliphatic heterocycles. The number of para-hydroxylation sites is 1. The molecule has 0 radical (unpaired) electrons. The smallest absolute Gasteiger partial charge is 0.260 e. The predicted molar refractivity (Wildman–Crippen MR) is 122 cm³/mol. The van der Waals surface area contributed by atoms with E-state index in [0.29, 0.717) is 35.6 Å². The van der Waals surface area contributed by atoms with Crippen LogP contribution in [0.3, 0.4) is 0 Å². The number of carbonyl (C=O) groups is 3. The Hall–Kier alpha value is -4.01. The lowest BCUT2D eigenvalue weighted by Crippen LogP contribution is -2.48. The normalized spacial score (nSPS) is 16.6. The minimum absolute atomic E-state index is 0.121. The van der Waals surface area contributed by atoms with E-state index >= 15 is 0 Å². The molecule has 0 saturated heterocycles. The van der Waals surface area contributed by atoms with E-state index in [4.69, 9.17) is 0 Å². The van der Waals surface area contributed by atoms with Crippen molar-refractivity contribution in [3.05, 3.63) is 71.0 Å². The first-order chi connectivity index (χ1) is 16.0. The molecule has 2 N–H and O–H groups in total. The highest BCUT2D eigenvalue weighted by molar-refractivity contribution is 6.16. The lowest BCUT2D eigenvalue weighted by Gasteiger charge is -2.41. The van der Waals surface area contributed by atoms with Crippen molar-refractivity contribution in [3.63, 3.8) is 0 Å². The van der Waals surface area contributed by atoms with Crippen LogP contribution in [-0.2, 0) is 4.79 Å². The fourth-order valence-electron chi connectivity index (χ4n) is 4.39. The summed E-state index contributed by atoms with van der Waals surface area (Å²) in [5, 5.41) is 9.51. The van der Waals surface area contributed by atoms with Gasteiger partial charge in [0.1, 0.15) is 12.0 Å². The second kappa shape index (κ2) is 8.16. The Labute approximate surface area is 190 Å². The Morgan fingerprint density at radius 1 is 1.06 bits per heavy atom. The molecule has 0 unspecified atom stereocenters. The molecule has 0 fully saturated rings. The summed E-state index contributed by atoms with van der Waals surface area (Å²) in [5.74, 6) is 0.627. The maximum absolute atomic E-state index is 13.4. The van der Waals surface area contributed by atoms with Gasteiger partial charge in [-0.3, -0.25) is 29.7 Å². The highest BCUT2D eigenvalue weighted by Crippen LogP contribution is 2.45. The van der Waals surface area contributed by atoms with Gasteiger partial charge in [0.2, 0.25) is 11.9 Å². The van der Waals surface area contributed by atoms with Crippen molar-refractivity contribution in [1.82, 2.24) is 20.1 Å².